The number of rotatable bonds is 4. The standard InChI is InChI=1S/C25H26FN3O3/c1-25(2)14-16(20-12-17(26)13-21-22(20)29(25)24(31)23(21)30)15-27-8-10-28(11-9-27)18-4-6-19(32-3)7-5-18/h4-7,12-14H,8-11,15H2,1-3H3. The molecule has 3 aliphatic rings. The smallest absolute Gasteiger partial charge is 0.300 e. The second-order valence-electron chi connectivity index (χ2n) is 9.10. The van der Waals surface area contributed by atoms with Crippen molar-refractivity contribution in [3.63, 3.8) is 0 Å². The van der Waals surface area contributed by atoms with Gasteiger partial charge in [0.05, 0.1) is 23.9 Å². The zero-order chi connectivity index (χ0) is 22.6. The molecular weight excluding hydrogens is 409 g/mol. The van der Waals surface area contributed by atoms with Crippen molar-refractivity contribution in [2.75, 3.05) is 49.6 Å². The molecule has 1 saturated heterocycles. The van der Waals surface area contributed by atoms with E-state index in [4.69, 9.17) is 4.74 Å². The zero-order valence-corrected chi connectivity index (χ0v) is 18.5. The van der Waals surface area contributed by atoms with E-state index in [0.717, 1.165) is 37.5 Å². The first kappa shape index (κ1) is 20.7. The molecule has 6 nitrogen and oxygen atoms in total. The van der Waals surface area contributed by atoms with Crippen molar-refractivity contribution < 1.29 is 18.7 Å². The summed E-state index contributed by atoms with van der Waals surface area (Å²) in [5.74, 6) is -0.860. The summed E-state index contributed by atoms with van der Waals surface area (Å²) in [5, 5.41) is 0. The molecule has 0 spiro atoms. The lowest BCUT2D eigenvalue weighted by Crippen LogP contribution is -2.49. The van der Waals surface area contributed by atoms with E-state index in [1.54, 1.807) is 7.11 Å². The lowest BCUT2D eigenvalue weighted by atomic mass is 9.88. The van der Waals surface area contributed by atoms with Crippen LogP contribution < -0.4 is 14.5 Å². The molecule has 7 heteroatoms. The van der Waals surface area contributed by atoms with Crippen molar-refractivity contribution in [3.05, 3.63) is 59.4 Å². The number of ketones is 1. The number of amides is 1. The van der Waals surface area contributed by atoms with Crippen molar-refractivity contribution >= 4 is 28.6 Å². The molecule has 0 saturated carbocycles. The number of methoxy groups -OCH3 is 1. The van der Waals surface area contributed by atoms with Crippen LogP contribution in [0.1, 0.15) is 29.8 Å². The van der Waals surface area contributed by atoms with Gasteiger partial charge in [-0.15, -0.1) is 0 Å². The van der Waals surface area contributed by atoms with Crippen LogP contribution in [0.5, 0.6) is 5.75 Å². The van der Waals surface area contributed by atoms with Gasteiger partial charge in [-0.05, 0) is 55.8 Å². The first-order chi connectivity index (χ1) is 15.3. The Labute approximate surface area is 186 Å². The average molecular weight is 435 g/mol. The lowest BCUT2D eigenvalue weighted by molar-refractivity contribution is -0.115. The summed E-state index contributed by atoms with van der Waals surface area (Å²) < 4.78 is 19.6. The normalized spacial score (nSPS) is 19.8. The molecule has 1 amide bonds. The van der Waals surface area contributed by atoms with Crippen LogP contribution >= 0.6 is 0 Å². The summed E-state index contributed by atoms with van der Waals surface area (Å²) in [4.78, 5) is 31.3. The van der Waals surface area contributed by atoms with E-state index in [0.29, 0.717) is 17.8 Å². The maximum Gasteiger partial charge on any atom is 0.300 e. The Hall–Kier alpha value is -3.19. The first-order valence-electron chi connectivity index (χ1n) is 10.8. The largest absolute Gasteiger partial charge is 0.497 e. The molecule has 0 N–H and O–H groups in total. The van der Waals surface area contributed by atoms with Crippen LogP contribution in [-0.2, 0) is 4.79 Å². The first-order valence-corrected chi connectivity index (χ1v) is 10.8. The molecular formula is C25H26FN3O3. The lowest BCUT2D eigenvalue weighted by Gasteiger charge is -2.41. The van der Waals surface area contributed by atoms with Crippen LogP contribution in [0.4, 0.5) is 15.8 Å². The van der Waals surface area contributed by atoms with Crippen LogP contribution in [0.15, 0.2) is 42.5 Å². The Kier molecular flexibility index (Phi) is 4.82. The molecule has 0 aliphatic carbocycles. The van der Waals surface area contributed by atoms with E-state index in [9.17, 15) is 14.0 Å². The number of hydrogen-bond acceptors (Lipinski definition) is 5. The second kappa shape index (κ2) is 7.45. The molecule has 0 atom stereocenters. The Balaban J connectivity index is 1.37. The SMILES string of the molecule is COc1ccc(N2CCN(CC3=CC(C)(C)N4C(=O)C(=O)c5cc(F)cc3c54)CC2)cc1. The number of piperazine rings is 1. The van der Waals surface area contributed by atoms with Gasteiger partial charge in [0.25, 0.3) is 11.7 Å². The van der Waals surface area contributed by atoms with Gasteiger partial charge in [-0.3, -0.25) is 19.4 Å². The van der Waals surface area contributed by atoms with Gasteiger partial charge >= 0.3 is 0 Å². The highest BCUT2D eigenvalue weighted by molar-refractivity contribution is 6.53. The topological polar surface area (TPSA) is 53.1 Å². The van der Waals surface area contributed by atoms with E-state index in [-0.39, 0.29) is 5.56 Å². The van der Waals surface area contributed by atoms with Gasteiger partial charge in [0.1, 0.15) is 11.6 Å². The highest BCUT2D eigenvalue weighted by atomic mass is 19.1. The number of ether oxygens (including phenoxy) is 1. The minimum absolute atomic E-state index is 0.174. The van der Waals surface area contributed by atoms with Crippen molar-refractivity contribution in [3.8, 4) is 5.75 Å². The molecule has 2 aromatic carbocycles. The Morgan fingerprint density at radius 1 is 1.00 bits per heavy atom. The fourth-order valence-electron chi connectivity index (χ4n) is 5.02. The summed E-state index contributed by atoms with van der Waals surface area (Å²) in [6, 6.07) is 10.7. The zero-order valence-electron chi connectivity index (χ0n) is 18.5. The molecule has 0 radical (unpaired) electrons. The third-order valence-electron chi connectivity index (χ3n) is 6.59. The average Bonchev–Trinajstić information content (AvgIpc) is 3.04. The second-order valence-corrected chi connectivity index (χ2v) is 9.10. The van der Waals surface area contributed by atoms with Gasteiger partial charge in [-0.1, -0.05) is 6.08 Å². The predicted molar refractivity (Wildman–Crippen MR) is 122 cm³/mol. The number of nitrogens with zero attached hydrogens (tertiary/aromatic N) is 3. The van der Waals surface area contributed by atoms with E-state index in [1.165, 1.54) is 22.7 Å². The van der Waals surface area contributed by atoms with Crippen LogP contribution in [0.25, 0.3) is 5.57 Å². The summed E-state index contributed by atoms with van der Waals surface area (Å²) in [5.41, 5.74) is 2.86. The van der Waals surface area contributed by atoms with Crippen molar-refractivity contribution in [1.29, 1.82) is 0 Å². The Morgan fingerprint density at radius 3 is 2.31 bits per heavy atom. The van der Waals surface area contributed by atoms with Gasteiger partial charge in [-0.25, -0.2) is 4.39 Å². The molecule has 2 aromatic rings. The number of Topliss-reactive ketones (excluding diaryl/α,β-unsaturated/α-hetero) is 1. The van der Waals surface area contributed by atoms with Crippen LogP contribution in [-0.4, -0.2) is 62.0 Å². The highest BCUT2D eigenvalue weighted by Gasteiger charge is 2.47. The molecule has 3 aliphatic heterocycles. The maximum atomic E-state index is 14.4. The Bertz CT molecular complexity index is 1130. The van der Waals surface area contributed by atoms with Crippen molar-refractivity contribution in [2.45, 2.75) is 19.4 Å². The third-order valence-corrected chi connectivity index (χ3v) is 6.59. The van der Waals surface area contributed by atoms with Gasteiger partial charge in [0.15, 0.2) is 0 Å². The van der Waals surface area contributed by atoms with E-state index < -0.39 is 23.0 Å². The summed E-state index contributed by atoms with van der Waals surface area (Å²) in [7, 11) is 1.66. The maximum absolute atomic E-state index is 14.4. The minimum Gasteiger partial charge on any atom is -0.497 e. The summed E-state index contributed by atoms with van der Waals surface area (Å²) >= 11 is 0. The summed E-state index contributed by atoms with van der Waals surface area (Å²) in [6.07, 6.45) is 2.00. The van der Waals surface area contributed by atoms with Gasteiger partial charge in [-0.2, -0.15) is 0 Å². The monoisotopic (exact) mass is 435 g/mol. The number of benzene rings is 2. The van der Waals surface area contributed by atoms with Crippen molar-refractivity contribution in [2.24, 2.45) is 0 Å². The van der Waals surface area contributed by atoms with E-state index in [2.05, 4.69) is 21.9 Å². The van der Waals surface area contributed by atoms with Gasteiger partial charge in [0.2, 0.25) is 0 Å². The fourth-order valence-corrected chi connectivity index (χ4v) is 5.02. The minimum atomic E-state index is -0.650. The summed E-state index contributed by atoms with van der Waals surface area (Å²) in [6.45, 7) is 7.97. The van der Waals surface area contributed by atoms with Gasteiger partial charge < -0.3 is 9.64 Å². The Morgan fingerprint density at radius 2 is 1.66 bits per heavy atom. The molecule has 166 valence electrons. The van der Waals surface area contributed by atoms with E-state index >= 15 is 0 Å². The fraction of sp³-hybridized carbons (Fsp3) is 0.360. The van der Waals surface area contributed by atoms with Crippen LogP contribution in [0.3, 0.4) is 0 Å². The van der Waals surface area contributed by atoms with E-state index in [1.807, 2.05) is 32.1 Å². The highest BCUT2D eigenvalue weighted by Crippen LogP contribution is 2.45. The molecule has 0 aromatic heterocycles. The molecule has 5 rings (SSSR count). The number of carbonyl (C=O) groups excluding carboxylic acids is 2. The van der Waals surface area contributed by atoms with Gasteiger partial charge in [0, 0.05) is 44.0 Å². The van der Waals surface area contributed by atoms with Crippen molar-refractivity contribution in [1.82, 2.24) is 4.90 Å². The number of carbonyl (C=O) groups is 2. The molecule has 0 bridgehead atoms. The predicted octanol–water partition coefficient (Wildman–Crippen LogP) is 3.36. The third kappa shape index (κ3) is 3.28. The van der Waals surface area contributed by atoms with Crippen LogP contribution in [0.2, 0.25) is 0 Å². The van der Waals surface area contributed by atoms with Crippen LogP contribution in [0, 0.1) is 5.82 Å². The molecule has 32 heavy (non-hydrogen) atoms. The molecule has 3 heterocycles. The number of halogens is 1. The quantitative estimate of drug-likeness (QED) is 0.690. The molecule has 1 fully saturated rings. The number of anilines is 2. The molecule has 0 unspecified atom stereocenters. The number of hydrogen-bond donors (Lipinski definition) is 0.